The Labute approximate surface area is 208 Å². The molecule has 1 aromatic heterocycles. The summed E-state index contributed by atoms with van der Waals surface area (Å²) in [6, 6.07) is 16.1. The Balaban J connectivity index is 1.11. The van der Waals surface area contributed by atoms with Crippen LogP contribution in [0.5, 0.6) is 0 Å². The molecule has 0 unspecified atom stereocenters. The summed E-state index contributed by atoms with van der Waals surface area (Å²) < 4.78 is 2.27. The number of nitrogens with zero attached hydrogens (tertiary/aromatic N) is 4. The van der Waals surface area contributed by atoms with Crippen LogP contribution in [0, 0.1) is 5.92 Å². The first-order chi connectivity index (χ1) is 16.6. The van der Waals surface area contributed by atoms with Gasteiger partial charge in [0.05, 0.1) is 10.2 Å². The molecule has 0 aliphatic carbocycles. The Morgan fingerprint density at radius 2 is 1.65 bits per heavy atom. The van der Waals surface area contributed by atoms with Gasteiger partial charge in [0, 0.05) is 56.5 Å². The van der Waals surface area contributed by atoms with Crippen molar-refractivity contribution in [2.75, 3.05) is 46.3 Å². The van der Waals surface area contributed by atoms with Crippen LogP contribution in [-0.4, -0.2) is 77.8 Å². The quantitative estimate of drug-likeness (QED) is 0.497. The molecule has 0 spiro atoms. The number of thiazole rings is 1. The van der Waals surface area contributed by atoms with Gasteiger partial charge < -0.3 is 14.7 Å². The number of likely N-dealkylation sites (tertiary alicyclic amines) is 1. The lowest BCUT2D eigenvalue weighted by Gasteiger charge is -2.37. The molecule has 3 aromatic rings. The van der Waals surface area contributed by atoms with Crippen LogP contribution < -0.4 is 0 Å². The molecule has 2 fully saturated rings. The standard InChI is InChI=1S/C26H30N4O2S2/c1-28-14-16-30(17-15-28)25(32)21-10-12-29(13-11-21)24(31)20-8-6-19(7-9-20)18-33-26-27-22-4-2-3-5-23(22)34-26/h2-9,21H,10-18H2,1H3. The van der Waals surface area contributed by atoms with E-state index in [0.717, 1.165) is 60.2 Å². The number of aromatic nitrogens is 1. The van der Waals surface area contributed by atoms with Gasteiger partial charge in [0.15, 0.2) is 4.34 Å². The fraction of sp³-hybridized carbons (Fsp3) is 0.423. The Morgan fingerprint density at radius 1 is 0.941 bits per heavy atom. The van der Waals surface area contributed by atoms with E-state index in [9.17, 15) is 9.59 Å². The number of carbonyl (C=O) groups is 2. The zero-order chi connectivity index (χ0) is 23.5. The molecule has 2 aliphatic rings. The number of piperazine rings is 1. The maximum absolute atomic E-state index is 13.0. The van der Waals surface area contributed by atoms with Crippen LogP contribution in [0.1, 0.15) is 28.8 Å². The first kappa shape index (κ1) is 23.3. The highest BCUT2D eigenvalue weighted by atomic mass is 32.2. The first-order valence-corrected chi connectivity index (χ1v) is 13.7. The molecule has 0 saturated carbocycles. The average Bonchev–Trinajstić information content (AvgIpc) is 3.31. The number of hydrogen-bond donors (Lipinski definition) is 0. The van der Waals surface area contributed by atoms with E-state index in [0.29, 0.717) is 13.1 Å². The van der Waals surface area contributed by atoms with E-state index >= 15 is 0 Å². The van der Waals surface area contributed by atoms with Crippen molar-refractivity contribution < 1.29 is 9.59 Å². The van der Waals surface area contributed by atoms with Gasteiger partial charge in [0.1, 0.15) is 0 Å². The van der Waals surface area contributed by atoms with Gasteiger partial charge in [-0.3, -0.25) is 9.59 Å². The maximum Gasteiger partial charge on any atom is 0.253 e. The topological polar surface area (TPSA) is 56.8 Å². The minimum atomic E-state index is 0.0503. The minimum Gasteiger partial charge on any atom is -0.340 e. The predicted octanol–water partition coefficient (Wildman–Crippen LogP) is 4.21. The molecular weight excluding hydrogens is 464 g/mol. The summed E-state index contributed by atoms with van der Waals surface area (Å²) in [4.78, 5) is 36.7. The zero-order valence-corrected chi connectivity index (χ0v) is 21.1. The number of fused-ring (bicyclic) bond motifs is 1. The third kappa shape index (κ3) is 5.29. The molecule has 0 radical (unpaired) electrons. The number of rotatable bonds is 5. The summed E-state index contributed by atoms with van der Waals surface area (Å²) in [7, 11) is 2.10. The molecule has 6 nitrogen and oxygen atoms in total. The van der Waals surface area contributed by atoms with E-state index in [1.807, 2.05) is 52.3 Å². The molecule has 178 valence electrons. The van der Waals surface area contributed by atoms with Crippen LogP contribution in [0.2, 0.25) is 0 Å². The number of benzene rings is 2. The molecular formula is C26H30N4O2S2. The van der Waals surface area contributed by atoms with Crippen LogP contribution in [-0.2, 0) is 10.5 Å². The predicted molar refractivity (Wildman–Crippen MR) is 138 cm³/mol. The van der Waals surface area contributed by atoms with E-state index in [1.165, 1.54) is 10.3 Å². The fourth-order valence-electron chi connectivity index (χ4n) is 4.60. The van der Waals surface area contributed by atoms with E-state index in [-0.39, 0.29) is 17.7 Å². The zero-order valence-electron chi connectivity index (χ0n) is 19.5. The monoisotopic (exact) mass is 494 g/mol. The highest BCUT2D eigenvalue weighted by Gasteiger charge is 2.31. The van der Waals surface area contributed by atoms with Gasteiger partial charge in [-0.15, -0.1) is 11.3 Å². The van der Waals surface area contributed by atoms with Gasteiger partial charge in [-0.25, -0.2) is 4.98 Å². The van der Waals surface area contributed by atoms with Crippen molar-refractivity contribution in [2.45, 2.75) is 22.9 Å². The number of amides is 2. The van der Waals surface area contributed by atoms with Crippen molar-refractivity contribution in [2.24, 2.45) is 5.92 Å². The van der Waals surface area contributed by atoms with Gasteiger partial charge in [-0.2, -0.15) is 0 Å². The maximum atomic E-state index is 13.0. The molecule has 8 heteroatoms. The van der Waals surface area contributed by atoms with Crippen LogP contribution in [0.25, 0.3) is 10.2 Å². The van der Waals surface area contributed by atoms with E-state index in [2.05, 4.69) is 23.0 Å². The lowest BCUT2D eigenvalue weighted by molar-refractivity contribution is -0.138. The summed E-state index contributed by atoms with van der Waals surface area (Å²) in [6.45, 7) is 4.82. The van der Waals surface area contributed by atoms with Crippen molar-refractivity contribution in [3.8, 4) is 0 Å². The van der Waals surface area contributed by atoms with E-state index < -0.39 is 0 Å². The van der Waals surface area contributed by atoms with Gasteiger partial charge >= 0.3 is 0 Å². The van der Waals surface area contributed by atoms with Crippen LogP contribution >= 0.6 is 23.1 Å². The van der Waals surface area contributed by atoms with Crippen molar-refractivity contribution in [3.05, 3.63) is 59.7 Å². The van der Waals surface area contributed by atoms with E-state index in [1.54, 1.807) is 23.1 Å². The second-order valence-electron chi connectivity index (χ2n) is 9.13. The smallest absolute Gasteiger partial charge is 0.253 e. The highest BCUT2D eigenvalue weighted by molar-refractivity contribution is 8.00. The molecule has 2 saturated heterocycles. The van der Waals surface area contributed by atoms with Crippen molar-refractivity contribution in [1.82, 2.24) is 19.7 Å². The summed E-state index contributed by atoms with van der Waals surface area (Å²) >= 11 is 3.45. The van der Waals surface area contributed by atoms with Crippen LogP contribution in [0.3, 0.4) is 0 Å². The Kier molecular flexibility index (Phi) is 7.18. The Hall–Kier alpha value is -2.42. The number of carbonyl (C=O) groups excluding carboxylic acids is 2. The highest BCUT2D eigenvalue weighted by Crippen LogP contribution is 2.31. The third-order valence-corrected chi connectivity index (χ3v) is 9.03. The van der Waals surface area contributed by atoms with Gasteiger partial charge in [0.2, 0.25) is 5.91 Å². The first-order valence-electron chi connectivity index (χ1n) is 11.9. The number of piperidine rings is 1. The largest absolute Gasteiger partial charge is 0.340 e. The summed E-state index contributed by atoms with van der Waals surface area (Å²) in [5.74, 6) is 1.22. The Bertz CT molecular complexity index is 1110. The van der Waals surface area contributed by atoms with Crippen molar-refractivity contribution >= 4 is 45.1 Å². The molecule has 0 N–H and O–H groups in total. The van der Waals surface area contributed by atoms with Crippen LogP contribution in [0.4, 0.5) is 0 Å². The normalized spacial score (nSPS) is 17.9. The number of likely N-dealkylation sites (N-methyl/N-ethyl adjacent to an activating group) is 1. The SMILES string of the molecule is CN1CCN(C(=O)C2CCN(C(=O)c3ccc(CSc4nc5ccccc5s4)cc3)CC2)CC1. The molecule has 2 aromatic carbocycles. The molecule has 0 atom stereocenters. The molecule has 3 heterocycles. The van der Waals surface area contributed by atoms with Crippen molar-refractivity contribution in [1.29, 1.82) is 0 Å². The second-order valence-corrected chi connectivity index (χ2v) is 11.4. The lowest BCUT2D eigenvalue weighted by atomic mass is 9.94. The summed E-state index contributed by atoms with van der Waals surface area (Å²) in [5.41, 5.74) is 2.94. The number of thioether (sulfide) groups is 1. The molecule has 2 aliphatic heterocycles. The molecule has 2 amide bonds. The van der Waals surface area contributed by atoms with Crippen molar-refractivity contribution in [3.63, 3.8) is 0 Å². The molecule has 0 bridgehead atoms. The third-order valence-electron chi connectivity index (χ3n) is 6.78. The summed E-state index contributed by atoms with van der Waals surface area (Å²) in [5, 5.41) is 0. The number of hydrogen-bond acceptors (Lipinski definition) is 6. The average molecular weight is 495 g/mol. The Morgan fingerprint density at radius 3 is 2.35 bits per heavy atom. The van der Waals surface area contributed by atoms with E-state index in [4.69, 9.17) is 0 Å². The summed E-state index contributed by atoms with van der Waals surface area (Å²) in [6.07, 6.45) is 1.52. The fourth-order valence-corrected chi connectivity index (χ4v) is 6.62. The lowest BCUT2D eigenvalue weighted by Crippen LogP contribution is -2.51. The van der Waals surface area contributed by atoms with Gasteiger partial charge in [-0.1, -0.05) is 36.0 Å². The molecule has 34 heavy (non-hydrogen) atoms. The van der Waals surface area contributed by atoms with Gasteiger partial charge in [-0.05, 0) is 49.7 Å². The molecule has 5 rings (SSSR count). The number of para-hydroxylation sites is 1. The second kappa shape index (κ2) is 10.5. The minimum absolute atomic E-state index is 0.0503. The van der Waals surface area contributed by atoms with Gasteiger partial charge in [0.25, 0.3) is 5.91 Å². The van der Waals surface area contributed by atoms with Crippen LogP contribution in [0.15, 0.2) is 52.9 Å².